The molecule has 0 aromatic rings. The second-order valence-electron chi connectivity index (χ2n) is 10.6. The van der Waals surface area contributed by atoms with Crippen molar-refractivity contribution >= 4 is 30.5 Å². The minimum absolute atomic E-state index is 0.0215. The first-order chi connectivity index (χ1) is 17.8. The van der Waals surface area contributed by atoms with E-state index in [1.165, 1.54) is 7.05 Å². The molecule has 5 N–H and O–H groups in total. The summed E-state index contributed by atoms with van der Waals surface area (Å²) in [6.07, 6.45) is 4.59. The van der Waals surface area contributed by atoms with Crippen LogP contribution in [-0.4, -0.2) is 73.8 Å². The van der Waals surface area contributed by atoms with Crippen LogP contribution in [0.3, 0.4) is 0 Å². The molecule has 1 saturated carbocycles. The Labute approximate surface area is 227 Å². The number of likely N-dealkylation sites (tertiary alicyclic amines) is 1. The van der Waals surface area contributed by atoms with Gasteiger partial charge in [-0.05, 0) is 22.7 Å². The van der Waals surface area contributed by atoms with Crippen LogP contribution in [0.5, 0.6) is 0 Å². The molecular weight excluding hydrogens is 521 g/mol. The third kappa shape index (κ3) is 13.5. The summed E-state index contributed by atoms with van der Waals surface area (Å²) < 4.78 is 32.1. The van der Waals surface area contributed by atoms with Gasteiger partial charge in [0.05, 0.1) is 6.07 Å². The van der Waals surface area contributed by atoms with Gasteiger partial charge in [-0.1, -0.05) is 34.6 Å². The molecule has 11 nitrogen and oxygen atoms in total. The Morgan fingerprint density at radius 2 is 1.54 bits per heavy atom. The first-order valence-electron chi connectivity index (χ1n) is 11.8. The number of carbonyl (C=O) groups excluding carboxylic acids is 5. The number of nitrogens with two attached hydrogens (primary N) is 1. The van der Waals surface area contributed by atoms with Crippen LogP contribution in [0.25, 0.3) is 0 Å². The highest BCUT2D eigenvalue weighted by atomic mass is 19.4. The lowest BCUT2D eigenvalue weighted by molar-refractivity contribution is -0.169. The van der Waals surface area contributed by atoms with E-state index in [0.717, 1.165) is 24.9 Å². The van der Waals surface area contributed by atoms with E-state index in [4.69, 9.17) is 10.1 Å². The molecule has 1 saturated heterocycles. The van der Waals surface area contributed by atoms with E-state index < -0.39 is 30.1 Å². The maximum Gasteiger partial charge on any atom is 0.470 e. The zero-order valence-electron chi connectivity index (χ0n) is 23.1. The van der Waals surface area contributed by atoms with Crippen molar-refractivity contribution in [3.05, 3.63) is 0 Å². The van der Waals surface area contributed by atoms with E-state index >= 15 is 0 Å². The first kappa shape index (κ1) is 37.3. The number of alkyl halides is 3. The van der Waals surface area contributed by atoms with E-state index in [1.807, 2.05) is 0 Å². The van der Waals surface area contributed by atoms with E-state index in [2.05, 4.69) is 74.0 Å². The number of nitrogens with one attached hydrogen (secondary N) is 3. The van der Waals surface area contributed by atoms with Gasteiger partial charge in [-0.25, -0.2) is 0 Å². The minimum Gasteiger partial charge on any atom is -0.362 e. The van der Waals surface area contributed by atoms with Crippen LogP contribution in [0.1, 0.15) is 47.5 Å². The normalized spacial score (nSPS) is 19.6. The summed E-state index contributed by atoms with van der Waals surface area (Å²) in [7, 11) is 1.41. The molecule has 1 aliphatic carbocycles. The Bertz CT molecular complexity index is 895. The number of likely N-dealkylation sites (N-methyl/N-ethyl adjacent to an activating group) is 1. The summed E-state index contributed by atoms with van der Waals surface area (Å²) in [6.45, 7) is 13.1. The molecule has 14 heteroatoms. The number of carbonyl (C=O) groups is 5. The van der Waals surface area contributed by atoms with Gasteiger partial charge in [0.15, 0.2) is 0 Å². The minimum atomic E-state index is -4.86. The SMILES string of the molecule is C#C.CC(C)(C)CC(=O)N1CC2[C@H](C1)C2(C)C.CNC(=O)[C@H](CC(C#N)NC=O)NC=O.NC(=O)C(F)(F)F. The smallest absolute Gasteiger partial charge is 0.362 e. The maximum absolute atomic E-state index is 12.0. The summed E-state index contributed by atoms with van der Waals surface area (Å²) in [5.41, 5.74) is 4.44. The Morgan fingerprint density at radius 1 is 1.10 bits per heavy atom. The van der Waals surface area contributed by atoms with Crippen molar-refractivity contribution in [1.82, 2.24) is 20.9 Å². The fourth-order valence-corrected chi connectivity index (χ4v) is 3.88. The van der Waals surface area contributed by atoms with Crippen molar-refractivity contribution in [3.63, 3.8) is 0 Å². The van der Waals surface area contributed by atoms with Gasteiger partial charge in [0, 0.05) is 33.0 Å². The van der Waals surface area contributed by atoms with Crippen LogP contribution in [-0.2, 0) is 24.0 Å². The lowest BCUT2D eigenvalue weighted by atomic mass is 9.91. The van der Waals surface area contributed by atoms with Crippen LogP contribution >= 0.6 is 0 Å². The van der Waals surface area contributed by atoms with Crippen molar-refractivity contribution in [2.24, 2.45) is 28.4 Å². The molecule has 2 aliphatic rings. The molecular formula is C25H39F3N6O5. The Kier molecular flexibility index (Phi) is 15.5. The number of terminal acetylenes is 1. The lowest BCUT2D eigenvalue weighted by Gasteiger charge is -2.26. The Balaban J connectivity index is 0. The monoisotopic (exact) mass is 560 g/mol. The number of piperidine rings is 1. The van der Waals surface area contributed by atoms with Crippen LogP contribution < -0.4 is 21.7 Å². The van der Waals surface area contributed by atoms with Crippen molar-refractivity contribution in [3.8, 4) is 18.9 Å². The highest BCUT2D eigenvalue weighted by Gasteiger charge is 2.62. The van der Waals surface area contributed by atoms with Gasteiger partial charge in [-0.2, -0.15) is 18.4 Å². The fraction of sp³-hybridized carbons (Fsp3) is 0.680. The number of primary amides is 1. The summed E-state index contributed by atoms with van der Waals surface area (Å²) in [5.74, 6) is -0.768. The number of amides is 5. The maximum atomic E-state index is 12.0. The van der Waals surface area contributed by atoms with E-state index in [-0.39, 0.29) is 11.8 Å². The summed E-state index contributed by atoms with van der Waals surface area (Å²) in [6, 6.07) is 0.155. The molecule has 220 valence electrons. The lowest BCUT2D eigenvalue weighted by Crippen LogP contribution is -2.46. The molecule has 0 aromatic carbocycles. The molecule has 39 heavy (non-hydrogen) atoms. The first-order valence-corrected chi connectivity index (χ1v) is 11.8. The van der Waals surface area contributed by atoms with Crippen molar-refractivity contribution in [2.45, 2.75) is 65.7 Å². The highest BCUT2D eigenvalue weighted by molar-refractivity contribution is 5.83. The molecule has 5 amide bonds. The zero-order valence-corrected chi connectivity index (χ0v) is 23.1. The van der Waals surface area contributed by atoms with Gasteiger partial charge >= 0.3 is 12.1 Å². The third-order valence-corrected chi connectivity index (χ3v) is 6.16. The number of nitrogens with zero attached hydrogens (tertiary/aromatic N) is 2. The fourth-order valence-electron chi connectivity index (χ4n) is 3.88. The zero-order chi connectivity index (χ0) is 31.2. The summed E-state index contributed by atoms with van der Waals surface area (Å²) >= 11 is 0. The molecule has 2 rings (SSSR count). The van der Waals surface area contributed by atoms with Crippen LogP contribution in [0, 0.1) is 46.8 Å². The second-order valence-corrected chi connectivity index (χ2v) is 10.6. The molecule has 0 bridgehead atoms. The molecule has 1 aliphatic heterocycles. The van der Waals surface area contributed by atoms with Crippen LogP contribution in [0.2, 0.25) is 0 Å². The van der Waals surface area contributed by atoms with Crippen molar-refractivity contribution in [1.29, 1.82) is 5.26 Å². The predicted molar refractivity (Wildman–Crippen MR) is 137 cm³/mol. The third-order valence-electron chi connectivity index (χ3n) is 6.16. The van der Waals surface area contributed by atoms with E-state index in [9.17, 15) is 32.3 Å². The van der Waals surface area contributed by atoms with Crippen LogP contribution in [0.15, 0.2) is 0 Å². The average molecular weight is 561 g/mol. The molecule has 4 atom stereocenters. The molecule has 0 radical (unpaired) electrons. The molecule has 0 spiro atoms. The second kappa shape index (κ2) is 16.2. The number of hydrogen-bond acceptors (Lipinski definition) is 6. The summed E-state index contributed by atoms with van der Waals surface area (Å²) in [5, 5.41) is 15.4. The molecule has 2 fully saturated rings. The quantitative estimate of drug-likeness (QED) is 0.251. The van der Waals surface area contributed by atoms with E-state index in [0.29, 0.717) is 30.6 Å². The topological polar surface area (TPSA) is 174 Å². The van der Waals surface area contributed by atoms with Gasteiger partial charge in [0.2, 0.25) is 24.6 Å². The Hall–Kier alpha value is -3.81. The standard InChI is InChI=1S/C13H23NO.C8H12N4O3.C2H2F3NO.C2H2/c1-12(2,3)6-11(15)14-7-9-10(8-14)13(9,4)5;1-10-8(15)7(12-5-14)2-6(3-9)11-4-13;3-2(4,5)1(6)7;1-2/h9-10H,6-8H2,1-5H3;4-7H,2H2,1H3,(H,10,15)(H,11,13)(H,12,14);(H2,6,7);1-2H/t9-,10?;6?,7-;;/m00../s1. The average Bonchev–Trinajstić information content (AvgIpc) is 3.16. The number of hydrogen-bond donors (Lipinski definition) is 4. The number of rotatable bonds is 8. The predicted octanol–water partition coefficient (Wildman–Crippen LogP) is 0.696. The number of nitriles is 1. The van der Waals surface area contributed by atoms with Crippen molar-refractivity contribution < 1.29 is 37.1 Å². The van der Waals surface area contributed by atoms with Gasteiger partial charge in [-0.3, -0.25) is 24.0 Å². The highest BCUT2D eigenvalue weighted by Crippen LogP contribution is 2.62. The molecule has 0 aromatic heterocycles. The Morgan fingerprint density at radius 3 is 1.85 bits per heavy atom. The van der Waals surface area contributed by atoms with Gasteiger partial charge in [0.1, 0.15) is 12.1 Å². The number of halogens is 3. The molecule has 1 heterocycles. The van der Waals surface area contributed by atoms with Crippen molar-refractivity contribution in [2.75, 3.05) is 20.1 Å². The van der Waals surface area contributed by atoms with Gasteiger partial charge in [0.25, 0.3) is 0 Å². The summed E-state index contributed by atoms with van der Waals surface area (Å²) in [4.78, 5) is 54.7. The largest absolute Gasteiger partial charge is 0.470 e. The van der Waals surface area contributed by atoms with Gasteiger partial charge in [-0.15, -0.1) is 12.8 Å². The van der Waals surface area contributed by atoms with E-state index in [1.54, 1.807) is 6.07 Å². The van der Waals surface area contributed by atoms with Gasteiger partial charge < -0.3 is 26.6 Å². The van der Waals surface area contributed by atoms with Crippen LogP contribution in [0.4, 0.5) is 13.2 Å². The molecule has 2 unspecified atom stereocenters. The number of fused-ring (bicyclic) bond motifs is 1.